The first-order valence-corrected chi connectivity index (χ1v) is 6.32. The zero-order valence-electron chi connectivity index (χ0n) is 10.5. The third kappa shape index (κ3) is 1.68. The Balaban J connectivity index is 1.95. The van der Waals surface area contributed by atoms with E-state index in [2.05, 4.69) is 25.5 Å². The lowest BCUT2D eigenvalue weighted by Gasteiger charge is -2.07. The van der Waals surface area contributed by atoms with Crippen LogP contribution in [0.15, 0.2) is 54.9 Å². The molecule has 0 atom stereocenters. The van der Waals surface area contributed by atoms with E-state index < -0.39 is 0 Å². The van der Waals surface area contributed by atoms with Crippen LogP contribution in [0.25, 0.3) is 21.8 Å². The molecule has 0 fully saturated rings. The highest BCUT2D eigenvalue weighted by molar-refractivity contribution is 6.08. The fourth-order valence-electron chi connectivity index (χ4n) is 2.29. The van der Waals surface area contributed by atoms with Gasteiger partial charge in [0.25, 0.3) is 0 Å². The van der Waals surface area contributed by atoms with Crippen molar-refractivity contribution in [3.63, 3.8) is 0 Å². The number of pyridine rings is 2. The van der Waals surface area contributed by atoms with Gasteiger partial charge in [0.1, 0.15) is 11.3 Å². The van der Waals surface area contributed by atoms with E-state index in [0.717, 1.165) is 33.4 Å². The summed E-state index contributed by atoms with van der Waals surface area (Å²) in [6, 6.07) is 13.7. The highest BCUT2D eigenvalue weighted by atomic mass is 15.1. The fraction of sp³-hybridized carbons (Fsp3) is 0. The molecule has 1 aromatic carbocycles. The monoisotopic (exact) mass is 261 g/mol. The minimum absolute atomic E-state index is 0.731. The largest absolute Gasteiger partial charge is 0.323 e. The van der Waals surface area contributed by atoms with Gasteiger partial charge >= 0.3 is 0 Å². The molecular formula is C15H11N5. The van der Waals surface area contributed by atoms with Gasteiger partial charge < -0.3 is 5.32 Å². The summed E-state index contributed by atoms with van der Waals surface area (Å²) in [6.07, 6.45) is 3.57. The Morgan fingerprint density at radius 2 is 1.85 bits per heavy atom. The molecule has 4 rings (SSSR count). The van der Waals surface area contributed by atoms with Crippen LogP contribution in [0.5, 0.6) is 0 Å². The van der Waals surface area contributed by atoms with Gasteiger partial charge in [-0.3, -0.25) is 5.10 Å². The molecule has 4 aromatic rings. The number of aromatic nitrogens is 4. The molecule has 0 unspecified atom stereocenters. The predicted octanol–water partition coefficient (Wildman–Crippen LogP) is 3.25. The van der Waals surface area contributed by atoms with E-state index in [1.54, 1.807) is 6.20 Å². The number of rotatable bonds is 2. The maximum Gasteiger partial charge on any atom is 0.158 e. The van der Waals surface area contributed by atoms with Crippen LogP contribution < -0.4 is 5.32 Å². The van der Waals surface area contributed by atoms with Gasteiger partial charge in [0.15, 0.2) is 5.82 Å². The maximum absolute atomic E-state index is 4.65. The van der Waals surface area contributed by atoms with Crippen molar-refractivity contribution in [1.82, 2.24) is 20.2 Å². The topological polar surface area (TPSA) is 66.5 Å². The molecule has 3 heterocycles. The Morgan fingerprint density at radius 1 is 0.950 bits per heavy atom. The van der Waals surface area contributed by atoms with Gasteiger partial charge in [-0.05, 0) is 18.2 Å². The lowest BCUT2D eigenvalue weighted by atomic mass is 10.1. The third-order valence-electron chi connectivity index (χ3n) is 3.21. The van der Waals surface area contributed by atoms with Gasteiger partial charge in [0, 0.05) is 17.0 Å². The first kappa shape index (κ1) is 10.9. The highest BCUT2D eigenvalue weighted by Crippen LogP contribution is 2.28. The number of hydrogen-bond donors (Lipinski definition) is 2. The van der Waals surface area contributed by atoms with Crippen LogP contribution in [0.4, 0.5) is 11.6 Å². The van der Waals surface area contributed by atoms with Crippen LogP contribution in [0, 0.1) is 0 Å². The quantitative estimate of drug-likeness (QED) is 0.581. The van der Waals surface area contributed by atoms with Crippen LogP contribution in [-0.4, -0.2) is 20.2 Å². The number of anilines is 2. The van der Waals surface area contributed by atoms with E-state index in [-0.39, 0.29) is 0 Å². The molecule has 5 heteroatoms. The van der Waals surface area contributed by atoms with Crippen molar-refractivity contribution in [1.29, 1.82) is 0 Å². The second kappa shape index (κ2) is 4.31. The standard InChI is InChI=1S/C15H11N5/c1-2-6-12-10(5-1)11-9-17-20-14(11)15(18-12)19-13-7-3-4-8-16-13/h1-9H,(H,17,20)(H,16,18,19). The Hall–Kier alpha value is -2.95. The van der Waals surface area contributed by atoms with Crippen molar-refractivity contribution in [3.05, 3.63) is 54.9 Å². The summed E-state index contributed by atoms with van der Waals surface area (Å²) >= 11 is 0. The van der Waals surface area contributed by atoms with Gasteiger partial charge in [-0.15, -0.1) is 0 Å². The minimum Gasteiger partial charge on any atom is -0.323 e. The summed E-state index contributed by atoms with van der Waals surface area (Å²) in [5.74, 6) is 1.49. The molecule has 0 amide bonds. The molecule has 3 aromatic heterocycles. The Kier molecular flexibility index (Phi) is 2.35. The molecule has 0 radical (unpaired) electrons. The van der Waals surface area contributed by atoms with Gasteiger partial charge in [0.05, 0.1) is 11.7 Å². The fourth-order valence-corrected chi connectivity index (χ4v) is 2.29. The third-order valence-corrected chi connectivity index (χ3v) is 3.21. The summed E-state index contributed by atoms with van der Waals surface area (Å²) in [4.78, 5) is 8.91. The molecule has 96 valence electrons. The minimum atomic E-state index is 0.731. The SMILES string of the molecule is c1ccc(Nc2nc3ccccc3c3cn[nH]c23)nc1. The van der Waals surface area contributed by atoms with E-state index in [1.807, 2.05) is 48.7 Å². The predicted molar refractivity (Wildman–Crippen MR) is 78.9 cm³/mol. The maximum atomic E-state index is 4.65. The Bertz CT molecular complexity index is 882. The summed E-state index contributed by atoms with van der Waals surface area (Å²) < 4.78 is 0. The number of fused-ring (bicyclic) bond motifs is 3. The summed E-state index contributed by atoms with van der Waals surface area (Å²) in [5, 5.41) is 12.5. The average molecular weight is 261 g/mol. The molecule has 2 N–H and O–H groups in total. The van der Waals surface area contributed by atoms with Gasteiger partial charge in [-0.25, -0.2) is 9.97 Å². The van der Waals surface area contributed by atoms with Crippen LogP contribution in [0.1, 0.15) is 0 Å². The number of hydrogen-bond acceptors (Lipinski definition) is 4. The Labute approximate surface area is 114 Å². The molecular weight excluding hydrogens is 250 g/mol. The number of nitrogens with one attached hydrogen (secondary N) is 2. The number of H-pyrrole nitrogens is 1. The lowest BCUT2D eigenvalue weighted by Crippen LogP contribution is -1.97. The van der Waals surface area contributed by atoms with Crippen LogP contribution >= 0.6 is 0 Å². The first-order valence-electron chi connectivity index (χ1n) is 6.32. The van der Waals surface area contributed by atoms with Crippen molar-refractivity contribution in [2.75, 3.05) is 5.32 Å². The number of benzene rings is 1. The van der Waals surface area contributed by atoms with E-state index in [0.29, 0.717) is 0 Å². The van der Waals surface area contributed by atoms with Crippen LogP contribution in [0.2, 0.25) is 0 Å². The second-order valence-corrected chi connectivity index (χ2v) is 4.48. The van der Waals surface area contributed by atoms with E-state index >= 15 is 0 Å². The van der Waals surface area contributed by atoms with Crippen LogP contribution in [-0.2, 0) is 0 Å². The zero-order valence-corrected chi connectivity index (χ0v) is 10.5. The Morgan fingerprint density at radius 3 is 2.75 bits per heavy atom. The molecule has 0 aliphatic heterocycles. The molecule has 20 heavy (non-hydrogen) atoms. The smallest absolute Gasteiger partial charge is 0.158 e. The summed E-state index contributed by atoms with van der Waals surface area (Å²) in [5.41, 5.74) is 1.81. The summed E-state index contributed by atoms with van der Waals surface area (Å²) in [6.45, 7) is 0. The number of aromatic amines is 1. The zero-order chi connectivity index (χ0) is 13.4. The van der Waals surface area contributed by atoms with Crippen molar-refractivity contribution in [2.45, 2.75) is 0 Å². The van der Waals surface area contributed by atoms with Crippen molar-refractivity contribution in [3.8, 4) is 0 Å². The van der Waals surface area contributed by atoms with E-state index in [4.69, 9.17) is 0 Å². The van der Waals surface area contributed by atoms with Gasteiger partial charge in [0.2, 0.25) is 0 Å². The number of nitrogens with zero attached hydrogens (tertiary/aromatic N) is 3. The molecule has 0 saturated heterocycles. The van der Waals surface area contributed by atoms with Crippen LogP contribution in [0.3, 0.4) is 0 Å². The lowest BCUT2D eigenvalue weighted by molar-refractivity contribution is 1.11. The highest BCUT2D eigenvalue weighted by Gasteiger charge is 2.10. The van der Waals surface area contributed by atoms with Crippen molar-refractivity contribution < 1.29 is 0 Å². The average Bonchev–Trinajstić information content (AvgIpc) is 2.98. The van der Waals surface area contributed by atoms with Gasteiger partial charge in [-0.1, -0.05) is 24.3 Å². The van der Waals surface area contributed by atoms with E-state index in [9.17, 15) is 0 Å². The normalized spacial score (nSPS) is 11.0. The molecule has 0 aliphatic carbocycles. The molecule has 5 nitrogen and oxygen atoms in total. The molecule has 0 spiro atoms. The molecule has 0 saturated carbocycles. The van der Waals surface area contributed by atoms with Crippen molar-refractivity contribution in [2.24, 2.45) is 0 Å². The number of para-hydroxylation sites is 1. The summed E-state index contributed by atoms with van der Waals surface area (Å²) in [7, 11) is 0. The second-order valence-electron chi connectivity index (χ2n) is 4.48. The molecule has 0 aliphatic rings. The first-order chi connectivity index (χ1) is 9.92. The van der Waals surface area contributed by atoms with E-state index in [1.165, 1.54) is 0 Å². The van der Waals surface area contributed by atoms with Gasteiger partial charge in [-0.2, -0.15) is 5.10 Å². The van der Waals surface area contributed by atoms with Crippen molar-refractivity contribution >= 4 is 33.4 Å². The molecule has 0 bridgehead atoms.